The number of nitrogens with one attached hydrogen (secondary N) is 1. The van der Waals surface area contributed by atoms with Gasteiger partial charge in [0.25, 0.3) is 5.91 Å². The number of hydrazine groups is 1. The van der Waals surface area contributed by atoms with Gasteiger partial charge in [0, 0.05) is 11.1 Å². The zero-order valence-corrected chi connectivity index (χ0v) is 35.3. The molecule has 11 nitrogen and oxygen atoms in total. The number of benzene rings is 3. The molecule has 2 aliphatic heterocycles. The van der Waals surface area contributed by atoms with Crippen LogP contribution in [0.1, 0.15) is 20.3 Å². The number of rotatable bonds is 9. The lowest BCUT2D eigenvalue weighted by Crippen LogP contribution is -2.36. The molecule has 0 aliphatic carbocycles. The summed E-state index contributed by atoms with van der Waals surface area (Å²) >= 11 is 25.7. The fourth-order valence-corrected chi connectivity index (χ4v) is 6.38. The molecule has 3 aromatic rings. The highest BCUT2D eigenvalue weighted by Crippen LogP contribution is 2.39. The van der Waals surface area contributed by atoms with Gasteiger partial charge in [-0.05, 0) is 151 Å². The van der Waals surface area contributed by atoms with Gasteiger partial charge >= 0.3 is 0 Å². The minimum absolute atomic E-state index is 0.0430. The Morgan fingerprint density at radius 2 is 1.29 bits per heavy atom. The van der Waals surface area contributed by atoms with Crippen LogP contribution in [0.15, 0.2) is 63.8 Å². The average Bonchev–Trinajstić information content (AvgIpc) is 3.70. The maximum absolute atomic E-state index is 14.0. The molecule has 2 heterocycles. The summed E-state index contributed by atoms with van der Waals surface area (Å²) in [7, 11) is 0. The second-order valence-electron chi connectivity index (χ2n) is 11.7. The molecule has 3 amide bonds. The number of carbonyl (C=O) groups is 3. The fraction of sp³-hybridized carbons (Fsp3) is 0.149. The van der Waals surface area contributed by atoms with Crippen LogP contribution in [0.25, 0.3) is 0 Å². The molecule has 15 heteroatoms. The van der Waals surface area contributed by atoms with Gasteiger partial charge in [0.2, 0.25) is 17.9 Å². The molecule has 2 fully saturated rings. The first kappa shape index (κ1) is 45.2. The third kappa shape index (κ3) is 11.9. The zero-order valence-electron chi connectivity index (χ0n) is 32.3. The highest BCUT2D eigenvalue weighted by Gasteiger charge is 2.42. The monoisotopic (exact) mass is 892 g/mol. The number of amidine groups is 1. The van der Waals surface area contributed by atoms with Crippen molar-refractivity contribution in [1.29, 1.82) is 0 Å². The van der Waals surface area contributed by atoms with Gasteiger partial charge in [-0.3, -0.25) is 19.8 Å². The summed E-state index contributed by atoms with van der Waals surface area (Å²) in [4.78, 5) is 46.2. The maximum atomic E-state index is 14.0. The predicted octanol–water partition coefficient (Wildman–Crippen LogP) is 7.37. The molecule has 0 aromatic heterocycles. The van der Waals surface area contributed by atoms with Crippen molar-refractivity contribution < 1.29 is 23.9 Å². The van der Waals surface area contributed by atoms with Crippen LogP contribution in [0.2, 0.25) is 20.1 Å². The fourth-order valence-electron chi connectivity index (χ4n) is 5.24. The Bertz CT molecular complexity index is 2980. The lowest BCUT2D eigenvalue weighted by atomic mass is 10.1. The summed E-state index contributed by atoms with van der Waals surface area (Å²) in [5.74, 6) is 40.0. The number of anilines is 2. The van der Waals surface area contributed by atoms with E-state index in [1.54, 1.807) is 18.2 Å². The molecular weight excluding hydrogens is 870 g/mol. The minimum atomic E-state index is -1.38. The van der Waals surface area contributed by atoms with Crippen molar-refractivity contribution in [2.45, 2.75) is 26.3 Å². The first-order chi connectivity index (χ1) is 30.1. The topological polar surface area (TPSA) is 125 Å². The van der Waals surface area contributed by atoms with Crippen LogP contribution >= 0.6 is 46.4 Å². The SMILES string of the molecule is C#CC#CC#CC#CC#CC#CC#CC#CC#CC1CC(=O)N(c2ccc(Cl)c(N=C3NN(c4c(Cl)cc(Cl)cc4Cl)C(=O)C3N=Nc3ccc(OCC)c(OCC)c3)c2)C1=O. The molecule has 0 spiro atoms. The van der Waals surface area contributed by atoms with Crippen molar-refractivity contribution in [3.63, 3.8) is 0 Å². The zero-order chi connectivity index (χ0) is 44.4. The van der Waals surface area contributed by atoms with Gasteiger partial charge in [-0.2, -0.15) is 10.2 Å². The van der Waals surface area contributed by atoms with Crippen LogP contribution in [-0.2, 0) is 14.4 Å². The number of terminal acetylenes is 1. The Morgan fingerprint density at radius 1 is 0.710 bits per heavy atom. The van der Waals surface area contributed by atoms with E-state index in [4.69, 9.17) is 62.3 Å². The molecule has 3 aromatic carbocycles. The van der Waals surface area contributed by atoms with Crippen LogP contribution in [0, 0.1) is 113 Å². The first-order valence-electron chi connectivity index (χ1n) is 17.8. The second-order valence-corrected chi connectivity index (χ2v) is 13.4. The third-order valence-electron chi connectivity index (χ3n) is 7.73. The van der Waals surface area contributed by atoms with E-state index >= 15 is 0 Å². The van der Waals surface area contributed by atoms with Gasteiger partial charge in [-0.15, -0.1) is 6.42 Å². The average molecular weight is 895 g/mol. The van der Waals surface area contributed by atoms with Gasteiger partial charge in [0.1, 0.15) is 11.6 Å². The lowest BCUT2D eigenvalue weighted by molar-refractivity contribution is -0.122. The van der Waals surface area contributed by atoms with Crippen molar-refractivity contribution in [3.05, 3.63) is 68.6 Å². The number of ether oxygens (including phenoxy) is 2. The minimum Gasteiger partial charge on any atom is -0.490 e. The third-order valence-corrected chi connectivity index (χ3v) is 8.84. The van der Waals surface area contributed by atoms with E-state index in [1.807, 2.05) is 13.8 Å². The van der Waals surface area contributed by atoms with E-state index < -0.39 is 29.7 Å². The number of aliphatic imine (C=N–C) groups is 1. The molecule has 300 valence electrons. The normalized spacial score (nSPS) is 15.0. The van der Waals surface area contributed by atoms with E-state index in [0.717, 1.165) is 9.91 Å². The van der Waals surface area contributed by atoms with Gasteiger partial charge < -0.3 is 9.47 Å². The Labute approximate surface area is 377 Å². The van der Waals surface area contributed by atoms with Crippen molar-refractivity contribution in [1.82, 2.24) is 5.43 Å². The van der Waals surface area contributed by atoms with Gasteiger partial charge in [-0.1, -0.05) is 52.3 Å². The summed E-state index contributed by atoms with van der Waals surface area (Å²) in [6, 6.07) is 10.7. The molecular formula is C47H24Cl4N6O5. The van der Waals surface area contributed by atoms with Crippen LogP contribution < -0.4 is 24.8 Å². The van der Waals surface area contributed by atoms with Crippen molar-refractivity contribution in [2.75, 3.05) is 23.1 Å². The summed E-state index contributed by atoms with van der Waals surface area (Å²) < 4.78 is 11.3. The van der Waals surface area contributed by atoms with Crippen LogP contribution in [-0.4, -0.2) is 42.8 Å². The number of amides is 3. The molecule has 2 atom stereocenters. The van der Waals surface area contributed by atoms with Crippen LogP contribution in [0.3, 0.4) is 0 Å². The number of azo groups is 1. The second kappa shape index (κ2) is 22.5. The Kier molecular flexibility index (Phi) is 16.4. The van der Waals surface area contributed by atoms with Crippen molar-refractivity contribution in [3.8, 4) is 119 Å². The lowest BCUT2D eigenvalue weighted by Gasteiger charge is -2.19. The number of hydrogen-bond donors (Lipinski definition) is 1. The predicted molar refractivity (Wildman–Crippen MR) is 239 cm³/mol. The molecule has 1 N–H and O–H groups in total. The number of nitrogens with zero attached hydrogens (tertiary/aromatic N) is 5. The van der Waals surface area contributed by atoms with E-state index in [-0.39, 0.29) is 49.4 Å². The summed E-state index contributed by atoms with van der Waals surface area (Å²) in [5.41, 5.74) is 3.56. The highest BCUT2D eigenvalue weighted by atomic mass is 35.5. The molecule has 2 saturated heterocycles. The Morgan fingerprint density at radius 3 is 1.89 bits per heavy atom. The van der Waals surface area contributed by atoms with Crippen molar-refractivity contribution >= 4 is 92.7 Å². The largest absolute Gasteiger partial charge is 0.490 e. The Balaban J connectivity index is 1.38. The number of hydrogen-bond acceptors (Lipinski definition) is 8. The molecule has 5 rings (SSSR count). The highest BCUT2D eigenvalue weighted by molar-refractivity contribution is 6.43. The summed E-state index contributed by atoms with van der Waals surface area (Å²) in [6.07, 6.45) is 4.78. The molecule has 0 bridgehead atoms. The van der Waals surface area contributed by atoms with E-state index in [2.05, 4.69) is 121 Å². The summed E-state index contributed by atoms with van der Waals surface area (Å²) in [5, 5.41) is 10.2. The molecule has 0 saturated carbocycles. The summed E-state index contributed by atoms with van der Waals surface area (Å²) in [6.45, 7) is 4.45. The van der Waals surface area contributed by atoms with Gasteiger partial charge in [0.05, 0.1) is 51.8 Å². The number of carbonyl (C=O) groups excluding carboxylic acids is 3. The molecule has 2 aliphatic rings. The number of halogens is 4. The Hall–Kier alpha value is -7.86. The maximum Gasteiger partial charge on any atom is 0.280 e. The van der Waals surface area contributed by atoms with Crippen LogP contribution in [0.5, 0.6) is 11.5 Å². The van der Waals surface area contributed by atoms with E-state index in [9.17, 15) is 14.4 Å². The smallest absolute Gasteiger partial charge is 0.280 e. The molecule has 62 heavy (non-hydrogen) atoms. The molecule has 0 radical (unpaired) electrons. The standard InChI is InChI=1S/C47H24Cl4N6O5/c1-4-7-8-9-10-11-12-13-14-15-16-17-18-19-20-21-22-32-27-42(58)56(46(32)59)35-24-25-36(49)39(31-35)52-45-43(47(60)57(55-45)44-37(50)28-33(48)29-38(44)51)54-53-34-23-26-40(61-5-2)41(30-34)62-6-3/h1,23-26,28-32,43H,5-6,27H2,2-3H3,(H,52,55). The van der Waals surface area contributed by atoms with Gasteiger partial charge in [0.15, 0.2) is 17.3 Å². The van der Waals surface area contributed by atoms with Crippen LogP contribution in [0.4, 0.5) is 22.7 Å². The van der Waals surface area contributed by atoms with Crippen molar-refractivity contribution in [2.24, 2.45) is 21.1 Å². The van der Waals surface area contributed by atoms with E-state index in [0.29, 0.717) is 30.4 Å². The number of imide groups is 1. The van der Waals surface area contributed by atoms with E-state index in [1.165, 1.54) is 30.3 Å². The van der Waals surface area contributed by atoms with Gasteiger partial charge in [-0.25, -0.2) is 14.9 Å². The quantitative estimate of drug-likeness (QED) is 0.136. The first-order valence-corrected chi connectivity index (χ1v) is 19.3. The molecule has 2 unspecified atom stereocenters.